The van der Waals surface area contributed by atoms with Crippen molar-refractivity contribution in [2.45, 2.75) is 6.61 Å². The molecule has 2 aromatic carbocycles. The zero-order valence-corrected chi connectivity index (χ0v) is 14.2. The summed E-state index contributed by atoms with van der Waals surface area (Å²) in [4.78, 5) is 12.0. The summed E-state index contributed by atoms with van der Waals surface area (Å²) in [7, 11) is 1.54. The Hall–Kier alpha value is -3.46. The number of carbonyl (C=O) groups excluding carboxylic acids is 1. The Morgan fingerprint density at radius 1 is 1.27 bits per heavy atom. The van der Waals surface area contributed by atoms with E-state index in [9.17, 15) is 4.79 Å². The van der Waals surface area contributed by atoms with Crippen LogP contribution in [0.1, 0.15) is 16.7 Å². The second-order valence-corrected chi connectivity index (χ2v) is 5.46. The molecule has 0 N–H and O–H groups in total. The van der Waals surface area contributed by atoms with Gasteiger partial charge in [-0.3, -0.25) is 0 Å². The molecule has 0 bridgehead atoms. The SMILES string of the molecule is COc1cc(/C=C/C(=O)OCc2ccccc2C#N)cc2c1OCCO2. The van der Waals surface area contributed by atoms with Gasteiger partial charge in [-0.1, -0.05) is 18.2 Å². The van der Waals surface area contributed by atoms with E-state index in [2.05, 4.69) is 6.07 Å². The first-order chi connectivity index (χ1) is 12.7. The Kier molecular flexibility index (Phi) is 5.40. The Bertz CT molecular complexity index is 865. The quantitative estimate of drug-likeness (QED) is 0.608. The van der Waals surface area contributed by atoms with Gasteiger partial charge in [0.2, 0.25) is 5.75 Å². The third kappa shape index (κ3) is 3.95. The molecule has 1 aliphatic rings. The molecule has 0 radical (unpaired) electrons. The van der Waals surface area contributed by atoms with Crippen molar-refractivity contribution >= 4 is 12.0 Å². The van der Waals surface area contributed by atoms with Gasteiger partial charge in [0.25, 0.3) is 0 Å². The van der Waals surface area contributed by atoms with Crippen LogP contribution in [0, 0.1) is 11.3 Å². The lowest BCUT2D eigenvalue weighted by Gasteiger charge is -2.20. The molecule has 0 saturated carbocycles. The van der Waals surface area contributed by atoms with E-state index >= 15 is 0 Å². The average molecular weight is 351 g/mol. The third-order valence-corrected chi connectivity index (χ3v) is 3.77. The molecule has 1 heterocycles. The summed E-state index contributed by atoms with van der Waals surface area (Å²) in [5.74, 6) is 1.17. The van der Waals surface area contributed by atoms with Gasteiger partial charge in [-0.05, 0) is 29.8 Å². The van der Waals surface area contributed by atoms with Crippen LogP contribution in [0.2, 0.25) is 0 Å². The van der Waals surface area contributed by atoms with E-state index in [0.717, 1.165) is 5.56 Å². The van der Waals surface area contributed by atoms with Crippen LogP contribution in [-0.4, -0.2) is 26.3 Å². The molecular weight excluding hydrogens is 334 g/mol. The number of rotatable bonds is 5. The van der Waals surface area contributed by atoms with Crippen LogP contribution in [0.25, 0.3) is 6.08 Å². The number of methoxy groups -OCH3 is 1. The molecule has 0 spiro atoms. The van der Waals surface area contributed by atoms with Gasteiger partial charge in [0.1, 0.15) is 19.8 Å². The summed E-state index contributed by atoms with van der Waals surface area (Å²) in [6.07, 6.45) is 2.93. The standard InChI is InChI=1S/C20H17NO5/c1-23-17-10-14(11-18-20(17)25-9-8-24-18)6-7-19(22)26-13-16-5-3-2-4-15(16)12-21/h2-7,10-11H,8-9,13H2,1H3/b7-6+. The van der Waals surface area contributed by atoms with Crippen LogP contribution >= 0.6 is 0 Å². The molecule has 0 unspecified atom stereocenters. The highest BCUT2D eigenvalue weighted by Gasteiger charge is 2.17. The number of ether oxygens (including phenoxy) is 4. The number of hydrogen-bond acceptors (Lipinski definition) is 6. The van der Waals surface area contributed by atoms with Crippen molar-refractivity contribution in [1.29, 1.82) is 5.26 Å². The van der Waals surface area contributed by atoms with E-state index in [1.807, 2.05) is 0 Å². The molecule has 0 saturated heterocycles. The van der Waals surface area contributed by atoms with Crippen LogP contribution in [0.15, 0.2) is 42.5 Å². The molecule has 6 nitrogen and oxygen atoms in total. The van der Waals surface area contributed by atoms with Crippen LogP contribution in [0.3, 0.4) is 0 Å². The van der Waals surface area contributed by atoms with Crippen molar-refractivity contribution in [3.05, 3.63) is 59.2 Å². The van der Waals surface area contributed by atoms with Gasteiger partial charge in [-0.15, -0.1) is 0 Å². The van der Waals surface area contributed by atoms with E-state index in [0.29, 0.717) is 41.6 Å². The number of carbonyl (C=O) groups is 1. The zero-order valence-electron chi connectivity index (χ0n) is 14.2. The number of fused-ring (bicyclic) bond motifs is 1. The van der Waals surface area contributed by atoms with E-state index in [-0.39, 0.29) is 6.61 Å². The van der Waals surface area contributed by atoms with Crippen molar-refractivity contribution < 1.29 is 23.7 Å². The highest BCUT2D eigenvalue weighted by Crippen LogP contribution is 2.40. The van der Waals surface area contributed by atoms with E-state index in [1.54, 1.807) is 49.6 Å². The molecule has 0 amide bonds. The van der Waals surface area contributed by atoms with Crippen molar-refractivity contribution in [2.24, 2.45) is 0 Å². The predicted molar refractivity (Wildman–Crippen MR) is 94.0 cm³/mol. The summed E-state index contributed by atoms with van der Waals surface area (Å²) in [6, 6.07) is 12.6. The lowest BCUT2D eigenvalue weighted by atomic mass is 10.1. The van der Waals surface area contributed by atoms with Crippen molar-refractivity contribution in [2.75, 3.05) is 20.3 Å². The van der Waals surface area contributed by atoms with Crippen LogP contribution in [0.5, 0.6) is 17.2 Å². The minimum absolute atomic E-state index is 0.0391. The molecular formula is C20H17NO5. The van der Waals surface area contributed by atoms with Gasteiger partial charge in [0.05, 0.1) is 18.7 Å². The number of nitriles is 1. The number of benzene rings is 2. The van der Waals surface area contributed by atoms with Crippen molar-refractivity contribution in [1.82, 2.24) is 0 Å². The molecule has 132 valence electrons. The molecule has 0 aliphatic carbocycles. The second kappa shape index (κ2) is 8.08. The maximum absolute atomic E-state index is 12.0. The molecule has 2 aromatic rings. The molecule has 1 aliphatic heterocycles. The number of nitrogens with zero attached hydrogens (tertiary/aromatic N) is 1. The van der Waals surface area contributed by atoms with Gasteiger partial charge in [0, 0.05) is 11.6 Å². The summed E-state index contributed by atoms with van der Waals surface area (Å²) in [5.41, 5.74) is 1.87. The molecule has 0 atom stereocenters. The Morgan fingerprint density at radius 2 is 2.08 bits per heavy atom. The lowest BCUT2D eigenvalue weighted by Crippen LogP contribution is -2.16. The summed E-state index contributed by atoms with van der Waals surface area (Å²) < 4.78 is 21.6. The first kappa shape index (κ1) is 17.4. The van der Waals surface area contributed by atoms with E-state index in [1.165, 1.54) is 6.08 Å². The normalized spacial score (nSPS) is 12.5. The Balaban J connectivity index is 1.68. The highest BCUT2D eigenvalue weighted by atomic mass is 16.6. The first-order valence-electron chi connectivity index (χ1n) is 8.01. The summed E-state index contributed by atoms with van der Waals surface area (Å²) in [6.45, 7) is 0.968. The summed E-state index contributed by atoms with van der Waals surface area (Å²) >= 11 is 0. The van der Waals surface area contributed by atoms with E-state index < -0.39 is 5.97 Å². The van der Waals surface area contributed by atoms with Gasteiger partial charge in [0.15, 0.2) is 11.5 Å². The fourth-order valence-corrected chi connectivity index (χ4v) is 2.51. The maximum Gasteiger partial charge on any atom is 0.331 e. The minimum Gasteiger partial charge on any atom is -0.493 e. The van der Waals surface area contributed by atoms with Crippen molar-refractivity contribution in [3.63, 3.8) is 0 Å². The number of hydrogen-bond donors (Lipinski definition) is 0. The monoisotopic (exact) mass is 351 g/mol. The minimum atomic E-state index is -0.508. The molecule has 0 aromatic heterocycles. The Morgan fingerprint density at radius 3 is 2.88 bits per heavy atom. The van der Waals surface area contributed by atoms with Crippen LogP contribution in [0.4, 0.5) is 0 Å². The summed E-state index contributed by atoms with van der Waals surface area (Å²) in [5, 5.41) is 9.04. The predicted octanol–water partition coefficient (Wildman–Crippen LogP) is 3.09. The fraction of sp³-hybridized carbons (Fsp3) is 0.200. The number of esters is 1. The van der Waals surface area contributed by atoms with Gasteiger partial charge in [-0.25, -0.2) is 4.79 Å². The average Bonchev–Trinajstić information content (AvgIpc) is 2.70. The van der Waals surface area contributed by atoms with Crippen LogP contribution < -0.4 is 14.2 Å². The Labute approximate surface area is 151 Å². The van der Waals surface area contributed by atoms with Crippen molar-refractivity contribution in [3.8, 4) is 23.3 Å². The molecule has 3 rings (SSSR count). The molecule has 6 heteroatoms. The third-order valence-electron chi connectivity index (χ3n) is 3.77. The second-order valence-electron chi connectivity index (χ2n) is 5.46. The van der Waals surface area contributed by atoms with Crippen LogP contribution in [-0.2, 0) is 16.1 Å². The van der Waals surface area contributed by atoms with Gasteiger partial charge in [-0.2, -0.15) is 5.26 Å². The highest BCUT2D eigenvalue weighted by molar-refractivity contribution is 5.87. The first-order valence-corrected chi connectivity index (χ1v) is 8.01. The molecule has 26 heavy (non-hydrogen) atoms. The zero-order chi connectivity index (χ0) is 18.4. The lowest BCUT2D eigenvalue weighted by molar-refractivity contribution is -0.138. The van der Waals surface area contributed by atoms with Gasteiger partial charge < -0.3 is 18.9 Å². The fourth-order valence-electron chi connectivity index (χ4n) is 2.51. The maximum atomic E-state index is 12.0. The van der Waals surface area contributed by atoms with E-state index in [4.69, 9.17) is 24.2 Å². The smallest absolute Gasteiger partial charge is 0.331 e. The molecule has 0 fully saturated rings. The largest absolute Gasteiger partial charge is 0.493 e. The topological polar surface area (TPSA) is 77.8 Å². The van der Waals surface area contributed by atoms with Gasteiger partial charge >= 0.3 is 5.97 Å².